The van der Waals surface area contributed by atoms with E-state index in [2.05, 4.69) is 0 Å². The number of rotatable bonds is 2. The summed E-state index contributed by atoms with van der Waals surface area (Å²) in [5, 5.41) is 0. The van der Waals surface area contributed by atoms with E-state index >= 15 is 0 Å². The SMILES string of the molecule is CC1C(=O)O[B-]2(OC(=O)[C@@H]1C)c1cccc(F)c1C=[N+]2[C@H](C)c1ccccc1. The predicted octanol–water partition coefficient (Wildman–Crippen LogP) is 2.55. The Balaban J connectivity index is 1.92. The molecule has 1 saturated heterocycles. The Bertz CT molecular complexity index is 969. The van der Waals surface area contributed by atoms with Gasteiger partial charge in [0.05, 0.1) is 11.8 Å². The molecule has 2 aliphatic heterocycles. The zero-order chi connectivity index (χ0) is 20.1. The minimum Gasteiger partial charge on any atom is -0.592 e. The van der Waals surface area contributed by atoms with Crippen molar-refractivity contribution in [1.29, 1.82) is 0 Å². The summed E-state index contributed by atoms with van der Waals surface area (Å²) in [6.45, 7) is 2.47. The van der Waals surface area contributed by atoms with Crippen molar-refractivity contribution in [2.45, 2.75) is 26.8 Å². The highest BCUT2D eigenvalue weighted by molar-refractivity contribution is 6.79. The third-order valence-corrected chi connectivity index (χ3v) is 5.92. The number of carbonyl (C=O) groups excluding carboxylic acids is 2. The highest BCUT2D eigenvalue weighted by atomic mass is 19.1. The summed E-state index contributed by atoms with van der Waals surface area (Å²) in [4.78, 5) is 25.5. The molecule has 0 amide bonds. The molecule has 0 aliphatic carbocycles. The second-order valence-corrected chi connectivity index (χ2v) is 7.53. The first-order chi connectivity index (χ1) is 13.3. The molecule has 2 aromatic rings. The molecular weight excluding hydrogens is 360 g/mol. The predicted molar refractivity (Wildman–Crippen MR) is 103 cm³/mol. The number of halogens is 1. The fraction of sp³-hybridized carbons (Fsp3) is 0.286. The molecule has 0 aromatic heterocycles. The van der Waals surface area contributed by atoms with Crippen molar-refractivity contribution in [3.63, 3.8) is 0 Å². The smallest absolute Gasteiger partial charge is 0.592 e. The van der Waals surface area contributed by atoms with E-state index < -0.39 is 36.3 Å². The first-order valence-electron chi connectivity index (χ1n) is 9.41. The van der Waals surface area contributed by atoms with E-state index in [1.807, 2.05) is 37.3 Å². The van der Waals surface area contributed by atoms with Crippen LogP contribution in [0.1, 0.15) is 37.9 Å². The topological polar surface area (TPSA) is 55.6 Å². The molecule has 4 rings (SSSR count). The molecule has 2 aliphatic rings. The molecule has 4 atom stereocenters. The summed E-state index contributed by atoms with van der Waals surface area (Å²) >= 11 is 0. The van der Waals surface area contributed by atoms with Gasteiger partial charge in [-0.05, 0) is 18.5 Å². The zero-order valence-electron chi connectivity index (χ0n) is 16.0. The monoisotopic (exact) mass is 381 g/mol. The van der Waals surface area contributed by atoms with Crippen LogP contribution in [0.3, 0.4) is 0 Å². The van der Waals surface area contributed by atoms with E-state index in [-0.39, 0.29) is 11.6 Å². The van der Waals surface area contributed by atoms with Crippen LogP contribution in [-0.2, 0) is 18.9 Å². The minimum absolute atomic E-state index is 0.271. The maximum absolute atomic E-state index is 14.6. The van der Waals surface area contributed by atoms with E-state index in [9.17, 15) is 14.0 Å². The molecule has 144 valence electrons. The van der Waals surface area contributed by atoms with Crippen LogP contribution in [0.15, 0.2) is 48.5 Å². The van der Waals surface area contributed by atoms with Gasteiger partial charge in [-0.25, -0.2) is 4.39 Å². The number of nitrogens with zero attached hydrogens (tertiary/aromatic N) is 1. The molecular formula is C21H21BFNO4. The molecule has 28 heavy (non-hydrogen) atoms. The van der Waals surface area contributed by atoms with Crippen molar-refractivity contribution in [3.8, 4) is 0 Å². The first kappa shape index (κ1) is 18.4. The molecule has 0 saturated carbocycles. The lowest BCUT2D eigenvalue weighted by Gasteiger charge is -2.35. The van der Waals surface area contributed by atoms with Gasteiger partial charge in [-0.15, -0.1) is 0 Å². The van der Waals surface area contributed by atoms with Crippen LogP contribution >= 0.6 is 0 Å². The summed E-state index contributed by atoms with van der Waals surface area (Å²) in [7, 11) is 0. The lowest BCUT2D eigenvalue weighted by molar-refractivity contribution is -0.467. The van der Waals surface area contributed by atoms with Crippen LogP contribution in [0, 0.1) is 17.7 Å². The van der Waals surface area contributed by atoms with Gasteiger partial charge < -0.3 is 13.8 Å². The van der Waals surface area contributed by atoms with Crippen LogP contribution in [0.25, 0.3) is 0 Å². The Morgan fingerprint density at radius 1 is 0.964 bits per heavy atom. The lowest BCUT2D eigenvalue weighted by Crippen LogP contribution is -2.62. The quantitative estimate of drug-likeness (QED) is 0.751. The third-order valence-electron chi connectivity index (χ3n) is 5.92. The first-order valence-corrected chi connectivity index (χ1v) is 9.41. The van der Waals surface area contributed by atoms with E-state index in [1.165, 1.54) is 12.1 Å². The maximum Gasteiger partial charge on any atom is 0.684 e. The molecule has 1 fully saturated rings. The third kappa shape index (κ3) is 2.65. The maximum atomic E-state index is 14.6. The van der Waals surface area contributed by atoms with Crippen molar-refractivity contribution >= 4 is 30.3 Å². The van der Waals surface area contributed by atoms with E-state index in [0.29, 0.717) is 5.46 Å². The van der Waals surface area contributed by atoms with Crippen LogP contribution < -0.4 is 5.46 Å². The van der Waals surface area contributed by atoms with Gasteiger partial charge >= 0.3 is 6.69 Å². The average Bonchev–Trinajstić information content (AvgIpc) is 2.97. The van der Waals surface area contributed by atoms with Gasteiger partial charge in [0.15, 0.2) is 0 Å². The molecule has 7 heteroatoms. The van der Waals surface area contributed by atoms with Crippen LogP contribution in [-0.4, -0.2) is 29.3 Å². The number of carbonyl (C=O) groups is 2. The van der Waals surface area contributed by atoms with E-state index in [4.69, 9.17) is 9.31 Å². The van der Waals surface area contributed by atoms with Gasteiger partial charge in [-0.3, -0.25) is 9.59 Å². The van der Waals surface area contributed by atoms with Gasteiger partial charge in [0.2, 0.25) is 0 Å². The van der Waals surface area contributed by atoms with Gasteiger partial charge in [-0.1, -0.05) is 56.3 Å². The number of benzene rings is 2. The molecule has 2 unspecified atom stereocenters. The van der Waals surface area contributed by atoms with E-state index in [1.54, 1.807) is 30.6 Å². The molecule has 0 radical (unpaired) electrons. The van der Waals surface area contributed by atoms with Crippen molar-refractivity contribution in [2.75, 3.05) is 0 Å². The van der Waals surface area contributed by atoms with Gasteiger partial charge in [0.25, 0.3) is 11.9 Å². The van der Waals surface area contributed by atoms with Gasteiger partial charge in [-0.2, -0.15) is 0 Å². The molecule has 2 heterocycles. The van der Waals surface area contributed by atoms with Crippen LogP contribution in [0.5, 0.6) is 0 Å². The zero-order valence-corrected chi connectivity index (χ0v) is 16.0. The Morgan fingerprint density at radius 3 is 2.18 bits per heavy atom. The summed E-state index contributed by atoms with van der Waals surface area (Å²) in [6.07, 6.45) is 1.59. The highest BCUT2D eigenvalue weighted by Crippen LogP contribution is 2.32. The van der Waals surface area contributed by atoms with Gasteiger partial charge in [0.1, 0.15) is 18.1 Å². The second kappa shape index (κ2) is 6.58. The summed E-state index contributed by atoms with van der Waals surface area (Å²) in [5.74, 6) is -2.83. The second-order valence-electron chi connectivity index (χ2n) is 7.53. The molecule has 1 spiro atoms. The average molecular weight is 381 g/mol. The Hall–Kier alpha value is -2.96. The highest BCUT2D eigenvalue weighted by Gasteiger charge is 2.60. The van der Waals surface area contributed by atoms with Gasteiger partial charge in [0, 0.05) is 11.1 Å². The van der Waals surface area contributed by atoms with Crippen molar-refractivity contribution in [2.24, 2.45) is 11.8 Å². The molecule has 0 N–H and O–H groups in total. The Morgan fingerprint density at radius 2 is 1.57 bits per heavy atom. The van der Waals surface area contributed by atoms with Crippen molar-refractivity contribution in [3.05, 3.63) is 65.5 Å². The van der Waals surface area contributed by atoms with Crippen molar-refractivity contribution in [1.82, 2.24) is 0 Å². The molecule has 2 aromatic carbocycles. The Kier molecular flexibility index (Phi) is 4.33. The normalized spacial score (nSPS) is 27.5. The standard InChI is InChI=1S/C21H21BFNO4/c1-13-14(2)21(26)28-22(27-20(13)25)18-10-7-11-19(23)17(18)12-24(22)15(3)16-8-5-4-6-9-16/h4-15H,1-3H3/t13-,14?,15-,22?/m1/s1. The van der Waals surface area contributed by atoms with Crippen LogP contribution in [0.2, 0.25) is 0 Å². The molecule has 0 bridgehead atoms. The minimum atomic E-state index is -2.70. The van der Waals surface area contributed by atoms with Crippen molar-refractivity contribution < 1.29 is 27.8 Å². The number of hydrogen-bond acceptors (Lipinski definition) is 4. The summed E-state index contributed by atoms with van der Waals surface area (Å²) in [5.41, 5.74) is 1.56. The van der Waals surface area contributed by atoms with Crippen LogP contribution in [0.4, 0.5) is 4.39 Å². The summed E-state index contributed by atoms with van der Waals surface area (Å²) in [6, 6.07) is 13.7. The number of hydrogen-bond donors (Lipinski definition) is 0. The number of fused-ring (bicyclic) bond motifs is 2. The summed E-state index contributed by atoms with van der Waals surface area (Å²) < 4.78 is 28.0. The Labute approximate surface area is 162 Å². The fourth-order valence-electron chi connectivity index (χ4n) is 3.94. The molecule has 5 nitrogen and oxygen atoms in total. The lowest BCUT2D eigenvalue weighted by atomic mass is 9.62. The largest absolute Gasteiger partial charge is 0.684 e. The van der Waals surface area contributed by atoms with E-state index in [0.717, 1.165) is 5.56 Å². The fourth-order valence-corrected chi connectivity index (χ4v) is 3.94.